The molecule has 1 fully saturated rings. The maximum absolute atomic E-state index is 12.1. The van der Waals surface area contributed by atoms with Crippen LogP contribution < -0.4 is 0 Å². The third kappa shape index (κ3) is 17.4. The Bertz CT molecular complexity index is 797. The van der Waals surface area contributed by atoms with E-state index < -0.39 is 18.3 Å². The number of aliphatic hydroxyl groups is 3. The highest BCUT2D eigenvalue weighted by molar-refractivity contribution is 5.91. The Kier molecular flexibility index (Phi) is 21.2. The standard InChI is InChI=1S/C37H66O7/c1-3-4-5-6-7-8-9-13-16-19-22-33(40)35-25-26-36(44-35)34(41)28-32(39)21-18-15-12-10-11-14-17-20-31(38)24-23-30-27-29(2)43-37(30)42/h27,29,32-36,39-41H,3-26,28H2,1-2H3/t29-,32?,33-,34-,35-,36-/m0/s1. The Morgan fingerprint density at radius 2 is 1.27 bits per heavy atom. The zero-order chi connectivity index (χ0) is 32.0. The lowest BCUT2D eigenvalue weighted by Gasteiger charge is -2.23. The number of unbranched alkanes of at least 4 members (excludes halogenated alkanes) is 15. The van der Waals surface area contributed by atoms with Crippen LogP contribution in [0.1, 0.15) is 174 Å². The average molecular weight is 623 g/mol. The van der Waals surface area contributed by atoms with Crippen LogP contribution in [-0.4, -0.2) is 63.7 Å². The van der Waals surface area contributed by atoms with Gasteiger partial charge in [0.25, 0.3) is 0 Å². The lowest BCUT2D eigenvalue weighted by molar-refractivity contribution is -0.139. The van der Waals surface area contributed by atoms with Gasteiger partial charge in [0.2, 0.25) is 0 Å². The van der Waals surface area contributed by atoms with Crippen molar-refractivity contribution in [2.24, 2.45) is 0 Å². The predicted octanol–water partition coefficient (Wildman–Crippen LogP) is 8.05. The fourth-order valence-corrected chi connectivity index (χ4v) is 6.63. The van der Waals surface area contributed by atoms with Gasteiger partial charge in [-0.05, 0) is 51.5 Å². The van der Waals surface area contributed by atoms with E-state index in [1.54, 1.807) is 0 Å². The zero-order valence-electron chi connectivity index (χ0n) is 28.2. The molecule has 7 heteroatoms. The summed E-state index contributed by atoms with van der Waals surface area (Å²) < 4.78 is 11.1. The van der Waals surface area contributed by atoms with E-state index >= 15 is 0 Å². The molecule has 2 aliphatic rings. The van der Waals surface area contributed by atoms with Gasteiger partial charge in [0.15, 0.2) is 0 Å². The van der Waals surface area contributed by atoms with Crippen LogP contribution in [0, 0.1) is 0 Å². The van der Waals surface area contributed by atoms with Crippen LogP contribution in [0.5, 0.6) is 0 Å². The number of hydrogen-bond acceptors (Lipinski definition) is 7. The topological polar surface area (TPSA) is 113 Å². The number of ether oxygens (including phenoxy) is 2. The molecule has 1 unspecified atom stereocenters. The highest BCUT2D eigenvalue weighted by Crippen LogP contribution is 2.28. The molecule has 0 amide bonds. The summed E-state index contributed by atoms with van der Waals surface area (Å²) in [7, 11) is 0. The molecular formula is C37H66O7. The Labute approximate surface area is 268 Å². The third-order valence-electron chi connectivity index (χ3n) is 9.47. The minimum absolute atomic E-state index is 0.174. The van der Waals surface area contributed by atoms with Crippen molar-refractivity contribution in [1.29, 1.82) is 0 Å². The van der Waals surface area contributed by atoms with E-state index in [0.717, 1.165) is 77.0 Å². The maximum atomic E-state index is 12.1. The van der Waals surface area contributed by atoms with Gasteiger partial charge in [-0.25, -0.2) is 4.79 Å². The van der Waals surface area contributed by atoms with Crippen LogP contribution in [0.25, 0.3) is 0 Å². The number of cyclic esters (lactones) is 1. The SMILES string of the molecule is CCCCCCCCCCCC[C@H](O)[C@@H]1CC[C@@H]([C@@H](O)CC(O)CCCCCCCCCC(=O)CCC2=C[C@H](C)OC2=O)O1. The number of hydrogen-bond donors (Lipinski definition) is 3. The van der Waals surface area contributed by atoms with E-state index in [0.29, 0.717) is 37.7 Å². The Morgan fingerprint density at radius 3 is 1.84 bits per heavy atom. The van der Waals surface area contributed by atoms with E-state index in [1.807, 2.05) is 13.0 Å². The Balaban J connectivity index is 1.39. The number of aliphatic hydroxyl groups excluding tert-OH is 3. The first-order valence-corrected chi connectivity index (χ1v) is 18.4. The third-order valence-corrected chi connectivity index (χ3v) is 9.47. The van der Waals surface area contributed by atoms with E-state index in [-0.39, 0.29) is 30.1 Å². The molecule has 44 heavy (non-hydrogen) atoms. The molecule has 0 saturated carbocycles. The first kappa shape index (κ1) is 38.9. The van der Waals surface area contributed by atoms with Gasteiger partial charge < -0.3 is 24.8 Å². The van der Waals surface area contributed by atoms with Gasteiger partial charge in [-0.3, -0.25) is 4.79 Å². The smallest absolute Gasteiger partial charge is 0.334 e. The number of carbonyl (C=O) groups excluding carboxylic acids is 2. The average Bonchev–Trinajstić information content (AvgIpc) is 3.62. The fourth-order valence-electron chi connectivity index (χ4n) is 6.63. The normalized spacial score (nSPS) is 22.2. The summed E-state index contributed by atoms with van der Waals surface area (Å²) in [5.74, 6) is -0.0654. The molecule has 0 spiro atoms. The van der Waals surface area contributed by atoms with Crippen molar-refractivity contribution in [3.05, 3.63) is 11.6 Å². The molecule has 0 aromatic heterocycles. The van der Waals surface area contributed by atoms with Crippen LogP contribution >= 0.6 is 0 Å². The largest absolute Gasteiger partial charge is 0.455 e. The summed E-state index contributed by atoms with van der Waals surface area (Å²) in [5.41, 5.74) is 0.635. The quantitative estimate of drug-likeness (QED) is 0.0598. The second-order valence-electron chi connectivity index (χ2n) is 13.6. The van der Waals surface area contributed by atoms with Gasteiger partial charge >= 0.3 is 5.97 Å². The lowest BCUT2D eigenvalue weighted by Crippen LogP contribution is -2.33. The molecule has 0 aromatic carbocycles. The first-order valence-electron chi connectivity index (χ1n) is 18.4. The van der Waals surface area contributed by atoms with Gasteiger partial charge in [-0.2, -0.15) is 0 Å². The van der Waals surface area contributed by atoms with E-state index in [1.165, 1.54) is 51.4 Å². The zero-order valence-corrected chi connectivity index (χ0v) is 28.2. The first-order chi connectivity index (χ1) is 21.3. The molecule has 256 valence electrons. The molecule has 2 rings (SSSR count). The van der Waals surface area contributed by atoms with Crippen molar-refractivity contribution in [2.45, 2.75) is 211 Å². The summed E-state index contributed by atoms with van der Waals surface area (Å²) in [6.07, 6.45) is 24.4. The Morgan fingerprint density at radius 1 is 0.750 bits per heavy atom. The van der Waals surface area contributed by atoms with Gasteiger partial charge in [-0.15, -0.1) is 0 Å². The molecule has 6 atom stereocenters. The number of rotatable bonds is 28. The van der Waals surface area contributed by atoms with Crippen molar-refractivity contribution >= 4 is 11.8 Å². The van der Waals surface area contributed by atoms with Crippen molar-refractivity contribution in [3.63, 3.8) is 0 Å². The van der Waals surface area contributed by atoms with Gasteiger partial charge in [0.05, 0.1) is 30.5 Å². The van der Waals surface area contributed by atoms with E-state index in [4.69, 9.17) is 9.47 Å². The summed E-state index contributed by atoms with van der Waals surface area (Å²) in [6, 6.07) is 0. The van der Waals surface area contributed by atoms with Crippen LogP contribution in [-0.2, 0) is 19.1 Å². The molecule has 2 heterocycles. The van der Waals surface area contributed by atoms with Crippen molar-refractivity contribution in [2.75, 3.05) is 0 Å². The van der Waals surface area contributed by atoms with Crippen LogP contribution in [0.4, 0.5) is 0 Å². The predicted molar refractivity (Wildman–Crippen MR) is 176 cm³/mol. The molecule has 0 bridgehead atoms. The van der Waals surface area contributed by atoms with E-state index in [2.05, 4.69) is 6.92 Å². The lowest BCUT2D eigenvalue weighted by atomic mass is 9.98. The van der Waals surface area contributed by atoms with E-state index in [9.17, 15) is 24.9 Å². The van der Waals surface area contributed by atoms with Crippen LogP contribution in [0.3, 0.4) is 0 Å². The highest BCUT2D eigenvalue weighted by Gasteiger charge is 2.35. The monoisotopic (exact) mass is 622 g/mol. The maximum Gasteiger partial charge on any atom is 0.334 e. The molecule has 3 N–H and O–H groups in total. The molecule has 7 nitrogen and oxygen atoms in total. The van der Waals surface area contributed by atoms with Gasteiger partial charge in [-0.1, -0.05) is 110 Å². The summed E-state index contributed by atoms with van der Waals surface area (Å²) in [4.78, 5) is 23.7. The molecule has 2 aliphatic heterocycles. The molecule has 1 saturated heterocycles. The summed E-state index contributed by atoms with van der Waals surface area (Å²) in [6.45, 7) is 4.08. The second kappa shape index (κ2) is 24.0. The fraction of sp³-hybridized carbons (Fsp3) is 0.892. The molecular weight excluding hydrogens is 556 g/mol. The van der Waals surface area contributed by atoms with Crippen molar-refractivity contribution in [1.82, 2.24) is 0 Å². The molecule has 0 radical (unpaired) electrons. The number of ketones is 1. The summed E-state index contributed by atoms with van der Waals surface area (Å²) >= 11 is 0. The van der Waals surface area contributed by atoms with Crippen LogP contribution in [0.15, 0.2) is 11.6 Å². The van der Waals surface area contributed by atoms with Crippen molar-refractivity contribution in [3.8, 4) is 0 Å². The van der Waals surface area contributed by atoms with Crippen molar-refractivity contribution < 1.29 is 34.4 Å². The Hall–Kier alpha value is -1.28. The minimum atomic E-state index is -0.686. The van der Waals surface area contributed by atoms with Crippen LogP contribution in [0.2, 0.25) is 0 Å². The number of carbonyl (C=O) groups is 2. The minimum Gasteiger partial charge on any atom is -0.455 e. The highest BCUT2D eigenvalue weighted by atomic mass is 16.5. The molecule has 0 aliphatic carbocycles. The molecule has 0 aromatic rings. The summed E-state index contributed by atoms with van der Waals surface area (Å²) in [5, 5.41) is 31.7. The number of esters is 1. The van der Waals surface area contributed by atoms with Gasteiger partial charge in [0.1, 0.15) is 11.9 Å². The van der Waals surface area contributed by atoms with Gasteiger partial charge in [0, 0.05) is 24.8 Å². The number of Topliss-reactive ketones (excluding diaryl/α,β-unsaturated/α-hetero) is 1. The second-order valence-corrected chi connectivity index (χ2v) is 13.6.